The lowest BCUT2D eigenvalue weighted by Gasteiger charge is -2.07. The molecule has 0 aromatic rings. The van der Waals surface area contributed by atoms with Gasteiger partial charge < -0.3 is 15.7 Å². The standard InChI is InChI=1S/C12H22N2O3/c1-11(2)8(12(11,3)4)7-14-10(17)13-6-5-9(15)16/h8H,5-7H2,1-4H3,(H,15,16)(H2,13,14,17). The monoisotopic (exact) mass is 242 g/mol. The number of carbonyl (C=O) groups is 2. The van der Waals surface area contributed by atoms with Gasteiger partial charge in [-0.3, -0.25) is 4.79 Å². The Bertz CT molecular complexity index is 310. The molecule has 5 nitrogen and oxygen atoms in total. The molecule has 0 aliphatic heterocycles. The van der Waals surface area contributed by atoms with Gasteiger partial charge in [-0.05, 0) is 16.7 Å². The predicted molar refractivity (Wildman–Crippen MR) is 64.7 cm³/mol. The second-order valence-corrected chi connectivity index (χ2v) is 5.78. The number of carboxylic acids is 1. The van der Waals surface area contributed by atoms with Gasteiger partial charge in [-0.25, -0.2) is 4.79 Å². The Hall–Kier alpha value is -1.26. The average molecular weight is 242 g/mol. The van der Waals surface area contributed by atoms with Crippen molar-refractivity contribution in [3.05, 3.63) is 0 Å². The van der Waals surface area contributed by atoms with Crippen molar-refractivity contribution >= 4 is 12.0 Å². The molecular formula is C12H22N2O3. The van der Waals surface area contributed by atoms with Crippen molar-refractivity contribution in [2.24, 2.45) is 16.7 Å². The highest BCUT2D eigenvalue weighted by atomic mass is 16.4. The SMILES string of the molecule is CC1(C)C(CNC(=O)NCCC(=O)O)C1(C)C. The largest absolute Gasteiger partial charge is 0.481 e. The highest BCUT2D eigenvalue weighted by Gasteiger charge is 2.64. The Morgan fingerprint density at radius 1 is 1.12 bits per heavy atom. The molecule has 3 N–H and O–H groups in total. The lowest BCUT2D eigenvalue weighted by molar-refractivity contribution is -0.136. The van der Waals surface area contributed by atoms with Crippen LogP contribution in [0.3, 0.4) is 0 Å². The molecule has 2 amide bonds. The minimum atomic E-state index is -0.908. The van der Waals surface area contributed by atoms with Gasteiger partial charge >= 0.3 is 12.0 Å². The summed E-state index contributed by atoms with van der Waals surface area (Å²) in [6.45, 7) is 9.59. The molecule has 5 heteroatoms. The van der Waals surface area contributed by atoms with Crippen molar-refractivity contribution in [3.8, 4) is 0 Å². The maximum atomic E-state index is 11.4. The fourth-order valence-electron chi connectivity index (χ4n) is 2.38. The number of amides is 2. The van der Waals surface area contributed by atoms with Crippen LogP contribution in [0, 0.1) is 16.7 Å². The van der Waals surface area contributed by atoms with E-state index in [0.717, 1.165) is 0 Å². The third-order valence-electron chi connectivity index (χ3n) is 4.41. The molecule has 0 atom stereocenters. The summed E-state index contributed by atoms with van der Waals surface area (Å²) in [4.78, 5) is 21.6. The number of aliphatic carboxylic acids is 1. The highest BCUT2D eigenvalue weighted by Crippen LogP contribution is 2.67. The molecule has 0 aromatic carbocycles. The third kappa shape index (κ3) is 2.90. The van der Waals surface area contributed by atoms with Crippen LogP contribution in [0.1, 0.15) is 34.1 Å². The van der Waals surface area contributed by atoms with E-state index in [4.69, 9.17) is 5.11 Å². The summed E-state index contributed by atoms with van der Waals surface area (Å²) in [7, 11) is 0. The smallest absolute Gasteiger partial charge is 0.314 e. The van der Waals surface area contributed by atoms with Gasteiger partial charge in [-0.15, -0.1) is 0 Å². The molecule has 1 rings (SSSR count). The van der Waals surface area contributed by atoms with E-state index in [2.05, 4.69) is 38.3 Å². The van der Waals surface area contributed by atoms with E-state index in [1.807, 2.05) is 0 Å². The zero-order chi connectivity index (χ0) is 13.3. The summed E-state index contributed by atoms with van der Waals surface area (Å²) in [6, 6.07) is -0.287. The van der Waals surface area contributed by atoms with Crippen LogP contribution in [0.15, 0.2) is 0 Å². The number of nitrogens with one attached hydrogen (secondary N) is 2. The summed E-state index contributed by atoms with van der Waals surface area (Å²) < 4.78 is 0. The summed E-state index contributed by atoms with van der Waals surface area (Å²) in [6.07, 6.45) is -0.0478. The Balaban J connectivity index is 2.20. The molecule has 0 unspecified atom stereocenters. The van der Waals surface area contributed by atoms with E-state index in [1.165, 1.54) is 0 Å². The molecule has 0 saturated heterocycles. The fraction of sp³-hybridized carbons (Fsp3) is 0.833. The van der Waals surface area contributed by atoms with Crippen LogP contribution in [0.5, 0.6) is 0 Å². The second kappa shape index (κ2) is 4.55. The molecule has 0 spiro atoms. The Labute approximate surface area is 102 Å². The lowest BCUT2D eigenvalue weighted by Crippen LogP contribution is -2.38. The molecule has 0 heterocycles. The zero-order valence-corrected chi connectivity index (χ0v) is 11.0. The van der Waals surface area contributed by atoms with Crippen molar-refractivity contribution in [1.29, 1.82) is 0 Å². The lowest BCUT2D eigenvalue weighted by atomic mass is 10.0. The summed E-state index contributed by atoms with van der Waals surface area (Å²) in [5.74, 6) is -0.435. The molecule has 17 heavy (non-hydrogen) atoms. The second-order valence-electron chi connectivity index (χ2n) is 5.78. The van der Waals surface area contributed by atoms with E-state index < -0.39 is 5.97 Å². The summed E-state index contributed by atoms with van der Waals surface area (Å²) in [5, 5.41) is 13.7. The van der Waals surface area contributed by atoms with Gasteiger partial charge in [0.25, 0.3) is 0 Å². The molecule has 0 radical (unpaired) electrons. The minimum absolute atomic E-state index is 0.0478. The first-order chi connectivity index (χ1) is 7.69. The number of carboxylic acid groups (broad SMARTS) is 1. The molecule has 1 aliphatic carbocycles. The third-order valence-corrected chi connectivity index (χ3v) is 4.41. The van der Waals surface area contributed by atoms with Crippen molar-refractivity contribution in [2.45, 2.75) is 34.1 Å². The van der Waals surface area contributed by atoms with Gasteiger partial charge in [0.05, 0.1) is 6.42 Å². The minimum Gasteiger partial charge on any atom is -0.481 e. The fourth-order valence-corrected chi connectivity index (χ4v) is 2.38. The van der Waals surface area contributed by atoms with E-state index in [1.54, 1.807) is 0 Å². The highest BCUT2D eigenvalue weighted by molar-refractivity contribution is 5.75. The maximum absolute atomic E-state index is 11.4. The number of carbonyl (C=O) groups excluding carboxylic acids is 1. The molecule has 1 saturated carbocycles. The first-order valence-electron chi connectivity index (χ1n) is 5.93. The molecule has 1 fully saturated rings. The van der Waals surface area contributed by atoms with Gasteiger partial charge in [0, 0.05) is 13.1 Å². The van der Waals surface area contributed by atoms with Crippen LogP contribution in [-0.2, 0) is 4.79 Å². The molecule has 1 aliphatic rings. The van der Waals surface area contributed by atoms with E-state index in [0.29, 0.717) is 12.5 Å². The zero-order valence-electron chi connectivity index (χ0n) is 11.0. The summed E-state index contributed by atoms with van der Waals surface area (Å²) >= 11 is 0. The van der Waals surface area contributed by atoms with Crippen LogP contribution >= 0.6 is 0 Å². The van der Waals surface area contributed by atoms with E-state index in [9.17, 15) is 9.59 Å². The van der Waals surface area contributed by atoms with E-state index in [-0.39, 0.29) is 29.8 Å². The van der Waals surface area contributed by atoms with Crippen molar-refractivity contribution in [2.75, 3.05) is 13.1 Å². The molecular weight excluding hydrogens is 220 g/mol. The first-order valence-corrected chi connectivity index (χ1v) is 5.93. The Morgan fingerprint density at radius 2 is 1.65 bits per heavy atom. The van der Waals surface area contributed by atoms with Gasteiger partial charge in [-0.2, -0.15) is 0 Å². The number of hydrogen-bond donors (Lipinski definition) is 3. The Kier molecular flexibility index (Phi) is 3.69. The number of rotatable bonds is 5. The molecule has 0 bridgehead atoms. The normalized spacial score (nSPS) is 20.7. The molecule has 98 valence electrons. The van der Waals surface area contributed by atoms with Crippen molar-refractivity contribution in [3.63, 3.8) is 0 Å². The van der Waals surface area contributed by atoms with Crippen LogP contribution < -0.4 is 10.6 Å². The maximum Gasteiger partial charge on any atom is 0.314 e. The predicted octanol–water partition coefficient (Wildman–Crippen LogP) is 1.44. The Morgan fingerprint density at radius 3 is 2.06 bits per heavy atom. The van der Waals surface area contributed by atoms with E-state index >= 15 is 0 Å². The van der Waals surface area contributed by atoms with Gasteiger partial charge in [0.15, 0.2) is 0 Å². The average Bonchev–Trinajstić information content (AvgIpc) is 2.54. The van der Waals surface area contributed by atoms with Gasteiger partial charge in [0.2, 0.25) is 0 Å². The first kappa shape index (κ1) is 13.8. The van der Waals surface area contributed by atoms with Crippen LogP contribution in [0.25, 0.3) is 0 Å². The van der Waals surface area contributed by atoms with Gasteiger partial charge in [0.1, 0.15) is 0 Å². The number of urea groups is 1. The quantitative estimate of drug-likeness (QED) is 0.682. The topological polar surface area (TPSA) is 78.4 Å². The van der Waals surface area contributed by atoms with Crippen LogP contribution in [-0.4, -0.2) is 30.2 Å². The van der Waals surface area contributed by atoms with Crippen LogP contribution in [0.4, 0.5) is 4.79 Å². The number of hydrogen-bond acceptors (Lipinski definition) is 2. The van der Waals surface area contributed by atoms with Crippen molar-refractivity contribution in [1.82, 2.24) is 10.6 Å². The molecule has 0 aromatic heterocycles. The van der Waals surface area contributed by atoms with Crippen LogP contribution in [0.2, 0.25) is 0 Å². The summed E-state index contributed by atoms with van der Waals surface area (Å²) in [5.41, 5.74) is 0.503. The van der Waals surface area contributed by atoms with Crippen molar-refractivity contribution < 1.29 is 14.7 Å². The van der Waals surface area contributed by atoms with Gasteiger partial charge in [-0.1, -0.05) is 27.7 Å².